The van der Waals surface area contributed by atoms with E-state index >= 15 is 0 Å². The second kappa shape index (κ2) is 7.23. The molecule has 0 saturated heterocycles. The van der Waals surface area contributed by atoms with Gasteiger partial charge in [-0.3, -0.25) is 9.59 Å². The predicted octanol–water partition coefficient (Wildman–Crippen LogP) is 2.72. The van der Waals surface area contributed by atoms with Gasteiger partial charge in [0.25, 0.3) is 0 Å². The van der Waals surface area contributed by atoms with E-state index in [0.29, 0.717) is 31.1 Å². The number of esters is 1. The molecule has 3 fully saturated rings. The van der Waals surface area contributed by atoms with Crippen LogP contribution in [0.3, 0.4) is 0 Å². The number of fused-ring (bicyclic) bond motifs is 1. The highest BCUT2D eigenvalue weighted by Gasteiger charge is 2.58. The average Bonchev–Trinajstić information content (AvgIpc) is 2.90. The molecule has 7 unspecified atom stereocenters. The molecule has 3 aliphatic rings. The van der Waals surface area contributed by atoms with Crippen LogP contribution in [0.4, 0.5) is 0 Å². The van der Waals surface area contributed by atoms with Crippen molar-refractivity contribution in [1.29, 1.82) is 0 Å². The van der Waals surface area contributed by atoms with E-state index in [9.17, 15) is 19.8 Å². The first-order valence-electron chi connectivity index (χ1n) is 10.2. The standard InChI is InChI=1S/C21H34O5/c1-13(23)26-12-16-17-4-5-19(25)21(17,3)9-7-18(16)20(2)8-6-15(24)10-14(20)11-22/h14-18,22,24H,4-12H2,1-3H3. The molecule has 0 heterocycles. The average molecular weight is 366 g/mol. The van der Waals surface area contributed by atoms with Gasteiger partial charge < -0.3 is 14.9 Å². The van der Waals surface area contributed by atoms with E-state index in [1.54, 1.807) is 0 Å². The first kappa shape index (κ1) is 19.8. The second-order valence-electron chi connectivity index (χ2n) is 9.41. The number of carbonyl (C=O) groups is 2. The third-order valence-corrected chi connectivity index (χ3v) is 8.20. The van der Waals surface area contributed by atoms with Gasteiger partial charge in [-0.2, -0.15) is 0 Å². The molecule has 2 N–H and O–H groups in total. The Morgan fingerprint density at radius 1 is 1.19 bits per heavy atom. The number of carbonyl (C=O) groups excluding carboxylic acids is 2. The minimum absolute atomic E-state index is 0.0533. The molecule has 0 aromatic heterocycles. The summed E-state index contributed by atoms with van der Waals surface area (Å²) in [5, 5.41) is 20.1. The zero-order chi connectivity index (χ0) is 19.1. The predicted molar refractivity (Wildman–Crippen MR) is 97.2 cm³/mol. The van der Waals surface area contributed by atoms with Crippen LogP contribution in [0.1, 0.15) is 65.7 Å². The summed E-state index contributed by atoms with van der Waals surface area (Å²) in [4.78, 5) is 24.0. The number of rotatable bonds is 4. The molecule has 0 radical (unpaired) electrons. The summed E-state index contributed by atoms with van der Waals surface area (Å²) in [5.41, 5.74) is -0.383. The van der Waals surface area contributed by atoms with Gasteiger partial charge in [0.2, 0.25) is 0 Å². The summed E-state index contributed by atoms with van der Waals surface area (Å²) in [6.07, 6.45) is 5.23. The zero-order valence-corrected chi connectivity index (χ0v) is 16.4. The summed E-state index contributed by atoms with van der Waals surface area (Å²) in [6.45, 7) is 6.21. The summed E-state index contributed by atoms with van der Waals surface area (Å²) >= 11 is 0. The maximum atomic E-state index is 12.6. The quantitative estimate of drug-likeness (QED) is 0.748. The molecule has 3 rings (SSSR count). The Hall–Kier alpha value is -0.940. The summed E-state index contributed by atoms with van der Waals surface area (Å²) < 4.78 is 5.46. The number of aliphatic hydroxyl groups is 2. The SMILES string of the molecule is CC(=O)OCC1C2CCC(=O)C2(C)CCC1C1(C)CCC(O)CC1CO. The van der Waals surface area contributed by atoms with Crippen LogP contribution in [0.15, 0.2) is 0 Å². The number of hydrogen-bond acceptors (Lipinski definition) is 5. The van der Waals surface area contributed by atoms with E-state index in [1.807, 2.05) is 0 Å². The van der Waals surface area contributed by atoms with Crippen LogP contribution in [0.2, 0.25) is 0 Å². The highest BCUT2D eigenvalue weighted by molar-refractivity contribution is 5.87. The Morgan fingerprint density at radius 2 is 1.92 bits per heavy atom. The van der Waals surface area contributed by atoms with Gasteiger partial charge in [0.05, 0.1) is 12.7 Å². The Bertz CT molecular complexity index is 561. The minimum atomic E-state index is -0.339. The zero-order valence-electron chi connectivity index (χ0n) is 16.4. The highest BCUT2D eigenvalue weighted by Crippen LogP contribution is 2.61. The van der Waals surface area contributed by atoms with Crippen LogP contribution >= 0.6 is 0 Å². The molecular weight excluding hydrogens is 332 g/mol. The van der Waals surface area contributed by atoms with Crippen molar-refractivity contribution in [2.45, 2.75) is 71.8 Å². The fourth-order valence-electron chi connectivity index (χ4n) is 6.49. The van der Waals surface area contributed by atoms with Gasteiger partial charge in [0.1, 0.15) is 5.78 Å². The van der Waals surface area contributed by atoms with Crippen molar-refractivity contribution in [3.63, 3.8) is 0 Å². The Morgan fingerprint density at radius 3 is 2.58 bits per heavy atom. The number of ketones is 1. The maximum absolute atomic E-state index is 12.6. The molecule has 3 saturated carbocycles. The fourth-order valence-corrected chi connectivity index (χ4v) is 6.49. The Labute approximate surface area is 156 Å². The molecular formula is C21H34O5. The fraction of sp³-hybridized carbons (Fsp3) is 0.905. The molecule has 0 aromatic rings. The second-order valence-corrected chi connectivity index (χ2v) is 9.41. The van der Waals surface area contributed by atoms with Crippen LogP contribution in [0.5, 0.6) is 0 Å². The molecule has 0 aliphatic heterocycles. The molecule has 0 aromatic carbocycles. The monoisotopic (exact) mass is 366 g/mol. The van der Waals surface area contributed by atoms with Gasteiger partial charge >= 0.3 is 5.97 Å². The first-order valence-corrected chi connectivity index (χ1v) is 10.2. The van der Waals surface area contributed by atoms with E-state index < -0.39 is 0 Å². The normalized spacial score (nSPS) is 46.0. The van der Waals surface area contributed by atoms with Gasteiger partial charge in [-0.05, 0) is 61.7 Å². The molecule has 3 aliphatic carbocycles. The molecule has 7 atom stereocenters. The number of hydrogen-bond donors (Lipinski definition) is 2. The van der Waals surface area contributed by atoms with E-state index in [4.69, 9.17) is 4.74 Å². The lowest BCUT2D eigenvalue weighted by Crippen LogP contribution is -2.53. The molecule has 5 heteroatoms. The van der Waals surface area contributed by atoms with Crippen molar-refractivity contribution in [2.75, 3.05) is 13.2 Å². The van der Waals surface area contributed by atoms with Crippen molar-refractivity contribution in [3.05, 3.63) is 0 Å². The van der Waals surface area contributed by atoms with Crippen LogP contribution in [0, 0.1) is 34.5 Å². The lowest BCUT2D eigenvalue weighted by molar-refractivity contribution is -0.153. The molecule has 26 heavy (non-hydrogen) atoms. The van der Waals surface area contributed by atoms with E-state index in [1.165, 1.54) is 6.92 Å². The molecule has 148 valence electrons. The van der Waals surface area contributed by atoms with Crippen molar-refractivity contribution in [1.82, 2.24) is 0 Å². The van der Waals surface area contributed by atoms with Crippen molar-refractivity contribution < 1.29 is 24.5 Å². The number of Topliss-reactive ketones (excluding diaryl/α,β-unsaturated/α-hetero) is 1. The first-order chi connectivity index (χ1) is 12.2. The topological polar surface area (TPSA) is 83.8 Å². The lowest BCUT2D eigenvalue weighted by Gasteiger charge is -2.55. The molecule has 0 amide bonds. The van der Waals surface area contributed by atoms with Crippen LogP contribution in [-0.2, 0) is 14.3 Å². The third kappa shape index (κ3) is 3.22. The van der Waals surface area contributed by atoms with Gasteiger partial charge in [0, 0.05) is 31.3 Å². The summed E-state index contributed by atoms with van der Waals surface area (Å²) in [5.74, 6) is 0.836. The summed E-state index contributed by atoms with van der Waals surface area (Å²) in [6, 6.07) is 0. The Kier molecular flexibility index (Phi) is 5.51. The smallest absolute Gasteiger partial charge is 0.302 e. The van der Waals surface area contributed by atoms with Gasteiger partial charge in [-0.1, -0.05) is 13.8 Å². The largest absolute Gasteiger partial charge is 0.466 e. The highest BCUT2D eigenvalue weighted by atomic mass is 16.5. The van der Waals surface area contributed by atoms with Crippen molar-refractivity contribution in [2.24, 2.45) is 34.5 Å². The molecule has 5 nitrogen and oxygen atoms in total. The Balaban J connectivity index is 1.91. The number of ether oxygens (including phenoxy) is 1. The van der Waals surface area contributed by atoms with E-state index in [-0.39, 0.29) is 47.3 Å². The van der Waals surface area contributed by atoms with Crippen LogP contribution in [0.25, 0.3) is 0 Å². The van der Waals surface area contributed by atoms with Gasteiger partial charge in [0.15, 0.2) is 0 Å². The van der Waals surface area contributed by atoms with Crippen LogP contribution in [-0.4, -0.2) is 41.3 Å². The van der Waals surface area contributed by atoms with E-state index in [0.717, 1.165) is 32.1 Å². The van der Waals surface area contributed by atoms with Gasteiger partial charge in [-0.15, -0.1) is 0 Å². The molecule has 0 bridgehead atoms. The number of aliphatic hydroxyl groups excluding tert-OH is 2. The van der Waals surface area contributed by atoms with Crippen molar-refractivity contribution in [3.8, 4) is 0 Å². The summed E-state index contributed by atoms with van der Waals surface area (Å²) in [7, 11) is 0. The van der Waals surface area contributed by atoms with Gasteiger partial charge in [-0.25, -0.2) is 0 Å². The minimum Gasteiger partial charge on any atom is -0.466 e. The van der Waals surface area contributed by atoms with E-state index in [2.05, 4.69) is 13.8 Å². The lowest BCUT2D eigenvalue weighted by atomic mass is 9.49. The van der Waals surface area contributed by atoms with Crippen molar-refractivity contribution >= 4 is 11.8 Å². The van der Waals surface area contributed by atoms with Crippen LogP contribution < -0.4 is 0 Å². The maximum Gasteiger partial charge on any atom is 0.302 e. The third-order valence-electron chi connectivity index (χ3n) is 8.20. The molecule has 0 spiro atoms.